The van der Waals surface area contributed by atoms with Crippen molar-refractivity contribution < 1.29 is 55.8 Å². The van der Waals surface area contributed by atoms with Crippen LogP contribution < -0.4 is 37.2 Å². The molecule has 0 amide bonds. The third kappa shape index (κ3) is 6.27. The third-order valence-electron chi connectivity index (χ3n) is 5.99. The third-order valence-corrected chi connectivity index (χ3v) is 5.99. The van der Waals surface area contributed by atoms with Crippen LogP contribution in [0.1, 0.15) is 39.5 Å². The summed E-state index contributed by atoms with van der Waals surface area (Å²) in [5.74, 6) is 1.86. The number of rotatable bonds is 8. The van der Waals surface area contributed by atoms with E-state index in [1.54, 1.807) is 0 Å². The van der Waals surface area contributed by atoms with Crippen molar-refractivity contribution >= 4 is 22.1 Å². The van der Waals surface area contributed by atoms with Gasteiger partial charge >= 0.3 is 18.6 Å². The first-order valence-electron chi connectivity index (χ1n) is 11.7. The summed E-state index contributed by atoms with van der Waals surface area (Å²) in [5.41, 5.74) is 6.14. The van der Waals surface area contributed by atoms with Crippen molar-refractivity contribution in [2.24, 2.45) is 0 Å². The average Bonchev–Trinajstić information content (AvgIpc) is 3.40. The van der Waals surface area contributed by atoms with Crippen LogP contribution in [0.2, 0.25) is 0 Å². The van der Waals surface area contributed by atoms with E-state index < -0.39 is 0 Å². The Morgan fingerprint density at radius 1 is 0.556 bits per heavy atom. The van der Waals surface area contributed by atoms with Crippen LogP contribution in [0.4, 0.5) is 0 Å². The van der Waals surface area contributed by atoms with Gasteiger partial charge in [-0.15, -0.1) is 0 Å². The predicted molar refractivity (Wildman–Crippen MR) is 132 cm³/mol. The van der Waals surface area contributed by atoms with Crippen LogP contribution in [0.5, 0.6) is 0 Å². The number of hydrogen-bond donors (Lipinski definition) is 0. The van der Waals surface area contributed by atoms with Crippen molar-refractivity contribution in [1.29, 1.82) is 0 Å². The molecule has 3 heterocycles. The molecule has 36 heavy (non-hydrogen) atoms. The Balaban J connectivity index is 0.00000162. The number of aryl methyl sites for hydroxylation is 2. The minimum atomic E-state index is 0. The number of pyridine rings is 1. The van der Waals surface area contributed by atoms with E-state index >= 15 is 0 Å². The Labute approximate surface area is 243 Å². The van der Waals surface area contributed by atoms with Gasteiger partial charge in [-0.2, -0.15) is 0 Å². The predicted octanol–water partition coefficient (Wildman–Crippen LogP) is -2.28. The normalized spacial score (nSPS) is 10.3. The molecule has 5 rings (SSSR count). The molecule has 0 aliphatic rings. The molecule has 5 nitrogen and oxygen atoms in total. The molecule has 0 atom stereocenters. The molecule has 0 spiro atoms. The van der Waals surface area contributed by atoms with Crippen molar-refractivity contribution in [1.82, 2.24) is 24.1 Å². The summed E-state index contributed by atoms with van der Waals surface area (Å²) in [6.45, 7) is 6.32. The fourth-order valence-electron chi connectivity index (χ4n) is 4.31. The van der Waals surface area contributed by atoms with E-state index in [1.165, 1.54) is 11.0 Å². The van der Waals surface area contributed by atoms with Gasteiger partial charge in [0.25, 0.3) is 0 Å². The number of aromatic nitrogens is 5. The van der Waals surface area contributed by atoms with Crippen LogP contribution in [0, 0.1) is 0 Å². The number of nitrogens with zero attached hydrogens (tertiary/aromatic N) is 5. The first-order chi connectivity index (χ1) is 15.8. The molecule has 0 fully saturated rings. The van der Waals surface area contributed by atoms with Crippen LogP contribution in [0.25, 0.3) is 45.1 Å². The van der Waals surface area contributed by atoms with Crippen LogP contribution in [0.3, 0.4) is 0 Å². The second-order valence-electron chi connectivity index (χ2n) is 8.27. The number of unbranched alkanes of at least 4 members (excludes halogenated alkanes) is 2. The molecule has 3 aromatic heterocycles. The fourth-order valence-corrected chi connectivity index (χ4v) is 4.31. The zero-order valence-corrected chi connectivity index (χ0v) is 24.1. The van der Waals surface area contributed by atoms with Gasteiger partial charge in [-0.05, 0) is 49.2 Å². The summed E-state index contributed by atoms with van der Waals surface area (Å²) in [4.78, 5) is 15.0. The Bertz CT molecular complexity index is 1280. The summed E-state index contributed by atoms with van der Waals surface area (Å²) in [6, 6.07) is 22.9. The first-order valence-corrected chi connectivity index (χ1v) is 11.7. The van der Waals surface area contributed by atoms with Gasteiger partial charge in [-0.3, -0.25) is 0 Å². The summed E-state index contributed by atoms with van der Waals surface area (Å²) < 4.78 is 4.62. The first kappa shape index (κ1) is 32.0. The van der Waals surface area contributed by atoms with Crippen LogP contribution in [-0.2, 0) is 31.6 Å². The molecule has 0 N–H and O–H groups in total. The molecule has 188 valence electrons. The van der Waals surface area contributed by atoms with E-state index in [9.17, 15) is 0 Å². The van der Waals surface area contributed by atoms with E-state index in [0.717, 1.165) is 72.8 Å². The van der Waals surface area contributed by atoms with Crippen LogP contribution in [0.15, 0.2) is 66.7 Å². The van der Waals surface area contributed by atoms with Crippen molar-refractivity contribution in [2.45, 2.75) is 52.6 Å². The van der Waals surface area contributed by atoms with Gasteiger partial charge in [0.05, 0.1) is 22.1 Å². The molecular formula is C27H29Cl3N5V. The minimum absolute atomic E-state index is 0. The van der Waals surface area contributed by atoms with Gasteiger partial charge in [0.2, 0.25) is 0 Å². The molecule has 0 saturated heterocycles. The Hall–Kier alpha value is -2.02. The molecule has 9 heteroatoms. The average molecular weight is 581 g/mol. The summed E-state index contributed by atoms with van der Waals surface area (Å²) in [5, 5.41) is 0. The second kappa shape index (κ2) is 14.7. The number of benzene rings is 2. The molecular weight excluding hydrogens is 552 g/mol. The SMILES string of the molecule is CCCCn1c(-c2cccc(-c3nc4ccccc4n3CCCC)n2)nc2ccccc21.[Cl-].[Cl-].[Cl-].[V+3]. The number of fused-ring (bicyclic) bond motifs is 2. The zero-order chi connectivity index (χ0) is 21.9. The van der Waals surface area contributed by atoms with Crippen molar-refractivity contribution in [3.05, 3.63) is 66.7 Å². The molecule has 0 saturated carbocycles. The van der Waals surface area contributed by atoms with E-state index in [-0.39, 0.29) is 55.8 Å². The quantitative estimate of drug-likeness (QED) is 0.208. The van der Waals surface area contributed by atoms with E-state index in [1.807, 2.05) is 12.1 Å². The van der Waals surface area contributed by atoms with Crippen LogP contribution in [-0.4, -0.2) is 24.1 Å². The smallest absolute Gasteiger partial charge is 1.00 e. The van der Waals surface area contributed by atoms with Gasteiger partial charge in [0.1, 0.15) is 11.4 Å². The zero-order valence-electron chi connectivity index (χ0n) is 20.4. The van der Waals surface area contributed by atoms with Gasteiger partial charge in [-0.25, -0.2) is 15.0 Å². The van der Waals surface area contributed by atoms with E-state index in [4.69, 9.17) is 15.0 Å². The van der Waals surface area contributed by atoms with E-state index in [0.29, 0.717) is 0 Å². The molecule has 5 aromatic rings. The Morgan fingerprint density at radius 3 is 1.39 bits per heavy atom. The number of halogens is 3. The molecule has 0 bridgehead atoms. The largest absolute Gasteiger partial charge is 3.00 e. The maximum absolute atomic E-state index is 5.07. The minimum Gasteiger partial charge on any atom is -1.00 e. The van der Waals surface area contributed by atoms with Crippen molar-refractivity contribution in [3.8, 4) is 23.0 Å². The Morgan fingerprint density at radius 2 is 0.972 bits per heavy atom. The number of para-hydroxylation sites is 4. The van der Waals surface area contributed by atoms with Gasteiger partial charge in [-0.1, -0.05) is 57.0 Å². The molecule has 0 aliphatic heterocycles. The molecule has 2 aromatic carbocycles. The number of imidazole rings is 2. The standard InChI is InChI=1S/C27H29N5.3ClH.V/c1-3-5-18-31-24-16-9-7-12-20(24)29-26(31)22-14-11-15-23(28-22)27-30-21-13-8-10-17-25(21)32(27)19-6-4-2;;;;/h7-17H,3-6,18-19H2,1-2H3;3*1H;/q;;;;+3/p-3. The molecule has 0 radical (unpaired) electrons. The van der Waals surface area contributed by atoms with Gasteiger partial charge < -0.3 is 46.4 Å². The van der Waals surface area contributed by atoms with Crippen molar-refractivity contribution in [3.63, 3.8) is 0 Å². The fraction of sp³-hybridized carbons (Fsp3) is 0.296. The molecule has 0 aliphatic carbocycles. The number of hydrogen-bond acceptors (Lipinski definition) is 3. The monoisotopic (exact) mass is 579 g/mol. The maximum Gasteiger partial charge on any atom is 3.00 e. The van der Waals surface area contributed by atoms with E-state index in [2.05, 4.69) is 77.6 Å². The Kier molecular flexibility index (Phi) is 13.0. The summed E-state index contributed by atoms with van der Waals surface area (Å²) in [6.07, 6.45) is 4.50. The maximum atomic E-state index is 5.07. The van der Waals surface area contributed by atoms with Gasteiger partial charge in [0.15, 0.2) is 11.6 Å². The van der Waals surface area contributed by atoms with Crippen LogP contribution >= 0.6 is 0 Å². The summed E-state index contributed by atoms with van der Waals surface area (Å²) in [7, 11) is 0. The van der Waals surface area contributed by atoms with Gasteiger partial charge in [0, 0.05) is 13.1 Å². The summed E-state index contributed by atoms with van der Waals surface area (Å²) >= 11 is 0. The topological polar surface area (TPSA) is 48.5 Å². The van der Waals surface area contributed by atoms with Crippen molar-refractivity contribution in [2.75, 3.05) is 0 Å². The second-order valence-corrected chi connectivity index (χ2v) is 8.27. The molecule has 0 unspecified atom stereocenters.